The Hall–Kier alpha value is -0.930. The van der Waals surface area contributed by atoms with E-state index in [4.69, 9.17) is 4.42 Å². The van der Waals surface area contributed by atoms with Crippen molar-refractivity contribution >= 4 is 48.6 Å². The predicted molar refractivity (Wildman–Crippen MR) is 91.5 cm³/mol. The molecule has 4 nitrogen and oxygen atoms in total. The first-order valence-electron chi connectivity index (χ1n) is 6.34. The van der Waals surface area contributed by atoms with Crippen LogP contribution in [0.25, 0.3) is 0 Å². The predicted octanol–water partition coefficient (Wildman–Crippen LogP) is 4.56. The molecule has 8 heteroatoms. The maximum atomic E-state index is 12.9. The first-order chi connectivity index (χ1) is 10.6. The number of furan rings is 1. The van der Waals surface area contributed by atoms with Crippen molar-refractivity contribution in [3.8, 4) is 0 Å². The van der Waals surface area contributed by atoms with Gasteiger partial charge in [0.2, 0.25) is 0 Å². The smallest absolute Gasteiger partial charge is 0.253 e. The van der Waals surface area contributed by atoms with Crippen molar-refractivity contribution in [2.24, 2.45) is 0 Å². The Bertz CT molecular complexity index is 786. The average molecular weight is 418 g/mol. The third-order valence-corrected chi connectivity index (χ3v) is 7.74. The molecule has 22 heavy (non-hydrogen) atoms. The summed E-state index contributed by atoms with van der Waals surface area (Å²) in [6.07, 6.45) is 3.12. The van der Waals surface area contributed by atoms with Crippen LogP contribution in [-0.4, -0.2) is 12.7 Å². The maximum Gasteiger partial charge on any atom is 0.253 e. The van der Waals surface area contributed by atoms with Gasteiger partial charge >= 0.3 is 0 Å². The normalized spacial score (nSPS) is 12.1. The van der Waals surface area contributed by atoms with E-state index in [1.54, 1.807) is 42.1 Å². The fourth-order valence-corrected chi connectivity index (χ4v) is 6.32. The summed E-state index contributed by atoms with van der Waals surface area (Å²) >= 11 is 6.08. The molecule has 3 aromatic heterocycles. The van der Waals surface area contributed by atoms with Gasteiger partial charge in [-0.2, -0.15) is 4.31 Å². The second-order valence-corrected chi connectivity index (χ2v) is 10.2. The van der Waals surface area contributed by atoms with Crippen molar-refractivity contribution in [3.63, 3.8) is 0 Å². The Balaban J connectivity index is 1.93. The van der Waals surface area contributed by atoms with E-state index in [0.29, 0.717) is 10.8 Å². The number of nitrogens with zero attached hydrogens (tertiary/aromatic N) is 1. The molecular weight excluding hydrogens is 406 g/mol. The van der Waals surface area contributed by atoms with Gasteiger partial charge in [-0.3, -0.25) is 0 Å². The van der Waals surface area contributed by atoms with Crippen LogP contribution in [0.2, 0.25) is 0 Å². The van der Waals surface area contributed by atoms with E-state index >= 15 is 0 Å². The van der Waals surface area contributed by atoms with E-state index in [1.807, 2.05) is 17.5 Å². The SMILES string of the molecule is O=S(=O)(c1ccc(Br)s1)N(Cc1ccoc1)Cc1cccs1. The molecule has 0 saturated carbocycles. The third-order valence-electron chi connectivity index (χ3n) is 2.99. The van der Waals surface area contributed by atoms with Crippen molar-refractivity contribution in [2.75, 3.05) is 0 Å². The molecule has 0 unspecified atom stereocenters. The van der Waals surface area contributed by atoms with E-state index < -0.39 is 10.0 Å². The Kier molecular flexibility index (Phi) is 4.84. The van der Waals surface area contributed by atoms with Crippen LogP contribution in [0.5, 0.6) is 0 Å². The number of sulfonamides is 1. The van der Waals surface area contributed by atoms with Gasteiger partial charge in [-0.25, -0.2) is 8.42 Å². The highest BCUT2D eigenvalue weighted by atomic mass is 79.9. The lowest BCUT2D eigenvalue weighted by Gasteiger charge is -2.20. The minimum Gasteiger partial charge on any atom is -0.472 e. The highest BCUT2D eigenvalue weighted by Gasteiger charge is 2.27. The van der Waals surface area contributed by atoms with Crippen LogP contribution >= 0.6 is 38.6 Å². The Morgan fingerprint density at radius 1 is 1.18 bits per heavy atom. The Labute approximate surface area is 145 Å². The molecule has 116 valence electrons. The van der Waals surface area contributed by atoms with Gasteiger partial charge in [-0.05, 0) is 45.6 Å². The number of thiophene rings is 2. The number of rotatable bonds is 6. The third kappa shape index (κ3) is 3.52. The molecule has 0 bridgehead atoms. The quantitative estimate of drug-likeness (QED) is 0.590. The highest BCUT2D eigenvalue weighted by molar-refractivity contribution is 9.11. The minimum atomic E-state index is -3.55. The van der Waals surface area contributed by atoms with Gasteiger partial charge in [0.25, 0.3) is 10.0 Å². The second kappa shape index (κ2) is 6.67. The van der Waals surface area contributed by atoms with Crippen LogP contribution in [0.3, 0.4) is 0 Å². The van der Waals surface area contributed by atoms with Crippen LogP contribution in [-0.2, 0) is 23.1 Å². The zero-order valence-corrected chi connectivity index (χ0v) is 15.3. The van der Waals surface area contributed by atoms with E-state index in [9.17, 15) is 8.42 Å². The van der Waals surface area contributed by atoms with Crippen molar-refractivity contribution in [1.82, 2.24) is 4.31 Å². The van der Waals surface area contributed by atoms with Crippen LogP contribution in [0, 0.1) is 0 Å². The number of hydrogen-bond acceptors (Lipinski definition) is 5. The lowest BCUT2D eigenvalue weighted by Crippen LogP contribution is -2.29. The molecule has 0 fully saturated rings. The van der Waals surface area contributed by atoms with Gasteiger partial charge < -0.3 is 4.42 Å². The van der Waals surface area contributed by atoms with Gasteiger partial charge in [0.1, 0.15) is 4.21 Å². The molecule has 0 spiro atoms. The Morgan fingerprint density at radius 3 is 2.64 bits per heavy atom. The summed E-state index contributed by atoms with van der Waals surface area (Å²) in [6, 6.07) is 9.01. The lowest BCUT2D eigenvalue weighted by atomic mass is 10.3. The fourth-order valence-electron chi connectivity index (χ4n) is 1.95. The van der Waals surface area contributed by atoms with Gasteiger partial charge in [-0.15, -0.1) is 22.7 Å². The lowest BCUT2D eigenvalue weighted by molar-refractivity contribution is 0.403. The number of hydrogen-bond donors (Lipinski definition) is 0. The molecule has 0 aliphatic carbocycles. The van der Waals surface area contributed by atoms with Crippen LogP contribution in [0.1, 0.15) is 10.4 Å². The maximum absolute atomic E-state index is 12.9. The fraction of sp³-hybridized carbons (Fsp3) is 0.143. The van der Waals surface area contributed by atoms with E-state index in [1.165, 1.54) is 15.6 Å². The van der Waals surface area contributed by atoms with Crippen molar-refractivity contribution in [3.05, 3.63) is 62.5 Å². The molecule has 0 aliphatic rings. The standard InChI is InChI=1S/C14H12BrNO3S3/c15-13-3-4-14(21-13)22(17,18)16(8-11-5-6-19-10-11)9-12-2-1-7-20-12/h1-7,10H,8-9H2. The molecule has 3 aromatic rings. The zero-order valence-electron chi connectivity index (χ0n) is 11.3. The summed E-state index contributed by atoms with van der Waals surface area (Å²) in [5, 5.41) is 1.94. The molecule has 0 N–H and O–H groups in total. The Morgan fingerprint density at radius 2 is 2.05 bits per heavy atom. The highest BCUT2D eigenvalue weighted by Crippen LogP contribution is 2.30. The summed E-state index contributed by atoms with van der Waals surface area (Å²) in [5.41, 5.74) is 0.829. The van der Waals surface area contributed by atoms with Crippen molar-refractivity contribution in [2.45, 2.75) is 17.3 Å². The van der Waals surface area contributed by atoms with Gasteiger partial charge in [-0.1, -0.05) is 6.07 Å². The van der Waals surface area contributed by atoms with Crippen LogP contribution in [0.4, 0.5) is 0 Å². The summed E-state index contributed by atoms with van der Waals surface area (Å²) < 4.78 is 33.4. The monoisotopic (exact) mass is 417 g/mol. The molecule has 0 amide bonds. The van der Waals surface area contributed by atoms with Crippen molar-refractivity contribution < 1.29 is 12.8 Å². The van der Waals surface area contributed by atoms with E-state index in [0.717, 1.165) is 14.2 Å². The van der Waals surface area contributed by atoms with E-state index in [2.05, 4.69) is 15.9 Å². The number of halogens is 1. The van der Waals surface area contributed by atoms with Gasteiger partial charge in [0.15, 0.2) is 0 Å². The summed E-state index contributed by atoms with van der Waals surface area (Å²) in [6.45, 7) is 0.632. The summed E-state index contributed by atoms with van der Waals surface area (Å²) in [5.74, 6) is 0. The van der Waals surface area contributed by atoms with Gasteiger partial charge in [0, 0.05) is 23.5 Å². The van der Waals surface area contributed by atoms with Crippen LogP contribution in [0.15, 0.2) is 60.7 Å². The molecule has 3 heterocycles. The molecule has 0 saturated heterocycles. The minimum absolute atomic E-state index is 0.284. The first-order valence-corrected chi connectivity index (χ1v) is 10.3. The first kappa shape index (κ1) is 15.9. The average Bonchev–Trinajstić information content (AvgIpc) is 3.19. The van der Waals surface area contributed by atoms with Crippen molar-refractivity contribution in [1.29, 1.82) is 0 Å². The summed E-state index contributed by atoms with van der Waals surface area (Å²) in [7, 11) is -3.55. The van der Waals surface area contributed by atoms with E-state index in [-0.39, 0.29) is 6.54 Å². The molecule has 3 rings (SSSR count). The molecule has 0 aliphatic heterocycles. The topological polar surface area (TPSA) is 50.5 Å². The second-order valence-electron chi connectivity index (χ2n) is 4.54. The summed E-state index contributed by atoms with van der Waals surface area (Å²) in [4.78, 5) is 1.00. The largest absolute Gasteiger partial charge is 0.472 e. The molecule has 0 aromatic carbocycles. The van der Waals surface area contributed by atoms with Gasteiger partial charge in [0.05, 0.1) is 16.3 Å². The van der Waals surface area contributed by atoms with Crippen LogP contribution < -0.4 is 0 Å². The zero-order chi connectivity index (χ0) is 15.6. The molecular formula is C14H12BrNO3S3. The molecule has 0 atom stereocenters. The molecule has 0 radical (unpaired) electrons.